The van der Waals surface area contributed by atoms with Crippen LogP contribution >= 0.6 is 0 Å². The Kier molecular flexibility index (Phi) is 8.65. The van der Waals surface area contributed by atoms with Crippen molar-refractivity contribution in [3.63, 3.8) is 0 Å². The van der Waals surface area contributed by atoms with Gasteiger partial charge in [-0.15, -0.1) is 0 Å². The van der Waals surface area contributed by atoms with Crippen LogP contribution in [0.2, 0.25) is 0 Å². The number of anilines is 1. The lowest BCUT2D eigenvalue weighted by Crippen LogP contribution is -2.06. The van der Waals surface area contributed by atoms with E-state index in [1.807, 2.05) is 0 Å². The third-order valence-corrected chi connectivity index (χ3v) is 3.78. The molecule has 0 amide bonds. The summed E-state index contributed by atoms with van der Waals surface area (Å²) < 4.78 is 0. The lowest BCUT2D eigenvalue weighted by atomic mass is 10.0. The van der Waals surface area contributed by atoms with E-state index >= 15 is 0 Å². The molecule has 4 N–H and O–H groups in total. The van der Waals surface area contributed by atoms with E-state index in [2.05, 4.69) is 18.8 Å². The summed E-state index contributed by atoms with van der Waals surface area (Å²) >= 11 is 0. The van der Waals surface area contributed by atoms with Crippen LogP contribution in [0.15, 0.2) is 23.5 Å². The Bertz CT molecular complexity index is 552. The first-order valence-electron chi connectivity index (χ1n) is 8.32. The number of nitrogens with two attached hydrogens (primary N) is 2. The van der Waals surface area contributed by atoms with E-state index in [-0.39, 0.29) is 5.82 Å². The lowest BCUT2D eigenvalue weighted by molar-refractivity contribution is 0.112. The molecule has 23 heavy (non-hydrogen) atoms. The molecule has 0 saturated heterocycles. The molecule has 1 aromatic heterocycles. The third-order valence-electron chi connectivity index (χ3n) is 3.78. The summed E-state index contributed by atoms with van der Waals surface area (Å²) in [5.41, 5.74) is 13.2. The largest absolute Gasteiger partial charge is 0.404 e. The second-order valence-corrected chi connectivity index (χ2v) is 5.65. The van der Waals surface area contributed by atoms with E-state index in [0.717, 1.165) is 30.4 Å². The first-order chi connectivity index (χ1) is 11.2. The van der Waals surface area contributed by atoms with Crippen molar-refractivity contribution in [2.24, 2.45) is 10.7 Å². The van der Waals surface area contributed by atoms with Gasteiger partial charge in [0, 0.05) is 35.8 Å². The Morgan fingerprint density at radius 3 is 2.70 bits per heavy atom. The highest BCUT2D eigenvalue weighted by molar-refractivity contribution is 6.10. The number of aldehydes is 1. The number of hydrogen-bond acceptors (Lipinski definition) is 5. The van der Waals surface area contributed by atoms with Crippen LogP contribution in [0.3, 0.4) is 0 Å². The summed E-state index contributed by atoms with van der Waals surface area (Å²) in [5.74, 6) is 0.223. The van der Waals surface area contributed by atoms with Gasteiger partial charge in [-0.2, -0.15) is 0 Å². The van der Waals surface area contributed by atoms with Crippen molar-refractivity contribution in [2.45, 2.75) is 58.4 Å². The predicted molar refractivity (Wildman–Crippen MR) is 97.5 cm³/mol. The lowest BCUT2D eigenvalue weighted by Gasteiger charge is -2.11. The number of pyridine rings is 1. The molecule has 0 spiro atoms. The molecule has 5 nitrogen and oxygen atoms in total. The number of allylic oxidation sites excluding steroid dienone is 1. The van der Waals surface area contributed by atoms with Gasteiger partial charge >= 0.3 is 0 Å². The molecule has 0 aromatic carbocycles. The monoisotopic (exact) mass is 316 g/mol. The van der Waals surface area contributed by atoms with Gasteiger partial charge in [-0.25, -0.2) is 4.98 Å². The predicted octanol–water partition coefficient (Wildman–Crippen LogP) is 3.60. The van der Waals surface area contributed by atoms with E-state index < -0.39 is 0 Å². The van der Waals surface area contributed by atoms with Gasteiger partial charge in [-0.3, -0.25) is 9.79 Å². The quantitative estimate of drug-likeness (QED) is 0.392. The van der Waals surface area contributed by atoms with Crippen LogP contribution in [0.5, 0.6) is 0 Å². The highest BCUT2D eigenvalue weighted by atomic mass is 16.1. The number of aromatic nitrogens is 1. The van der Waals surface area contributed by atoms with E-state index in [9.17, 15) is 4.79 Å². The summed E-state index contributed by atoms with van der Waals surface area (Å²) in [6, 6.07) is 2.00. The highest BCUT2D eigenvalue weighted by Gasteiger charge is 2.07. The summed E-state index contributed by atoms with van der Waals surface area (Å²) in [6.45, 7) is 4.37. The van der Waals surface area contributed by atoms with Gasteiger partial charge in [0.05, 0.1) is 5.56 Å². The number of rotatable bonds is 10. The molecule has 0 saturated carbocycles. The van der Waals surface area contributed by atoms with Crippen molar-refractivity contribution < 1.29 is 4.79 Å². The molecule has 0 bridgehead atoms. The Morgan fingerprint density at radius 2 is 2.09 bits per heavy atom. The molecular weight excluding hydrogens is 288 g/mol. The molecule has 1 rings (SSSR count). The zero-order chi connectivity index (χ0) is 17.1. The van der Waals surface area contributed by atoms with Crippen molar-refractivity contribution >= 4 is 23.9 Å². The molecule has 1 heterocycles. The fourth-order valence-corrected chi connectivity index (χ4v) is 2.40. The van der Waals surface area contributed by atoms with E-state index in [4.69, 9.17) is 16.5 Å². The maximum atomic E-state index is 11.0. The Morgan fingerprint density at radius 1 is 1.30 bits per heavy atom. The number of nitrogens with zero attached hydrogens (tertiary/aromatic N) is 2. The van der Waals surface area contributed by atoms with Crippen molar-refractivity contribution in [1.29, 1.82) is 0 Å². The molecule has 0 radical (unpaired) electrons. The number of carbonyl (C=O) groups excluding carboxylic acids is 1. The molecule has 0 fully saturated rings. The highest BCUT2D eigenvalue weighted by Crippen LogP contribution is 2.17. The van der Waals surface area contributed by atoms with Crippen molar-refractivity contribution in [3.05, 3.63) is 29.6 Å². The Labute approximate surface area is 138 Å². The van der Waals surface area contributed by atoms with Gasteiger partial charge in [0.15, 0.2) is 6.29 Å². The van der Waals surface area contributed by atoms with E-state index in [1.165, 1.54) is 25.5 Å². The fraction of sp³-hybridized carbons (Fsp3) is 0.500. The minimum atomic E-state index is 0.223. The minimum absolute atomic E-state index is 0.223. The van der Waals surface area contributed by atoms with Crippen molar-refractivity contribution in [3.8, 4) is 0 Å². The number of unbranched alkanes of at least 4 members (excludes halogenated alkanes) is 2. The molecule has 1 aromatic rings. The van der Waals surface area contributed by atoms with Crippen LogP contribution in [-0.4, -0.2) is 23.5 Å². The van der Waals surface area contributed by atoms with Gasteiger partial charge in [0.25, 0.3) is 0 Å². The van der Waals surface area contributed by atoms with Gasteiger partial charge in [-0.1, -0.05) is 39.5 Å². The number of carbonyl (C=O) groups is 1. The maximum absolute atomic E-state index is 11.0. The molecule has 1 unspecified atom stereocenters. The van der Waals surface area contributed by atoms with Crippen molar-refractivity contribution in [2.75, 3.05) is 5.73 Å². The standard InChI is InChI=1S/C18H28N4O/c1-3-5-6-8-17(7-4-2)21-12-16(10-19)14-9-15(13-23)18(20)22-11-14/h9-13,17H,3-8,19H2,1-2H3,(H2,20,22). The first-order valence-corrected chi connectivity index (χ1v) is 8.32. The zero-order valence-electron chi connectivity index (χ0n) is 14.2. The first kappa shape index (κ1) is 18.9. The van der Waals surface area contributed by atoms with Crippen LogP contribution in [0, 0.1) is 0 Å². The Balaban J connectivity index is 2.86. The molecule has 126 valence electrons. The Hall–Kier alpha value is -2.17. The second kappa shape index (κ2) is 10.5. The number of nitrogen functional groups attached to an aromatic ring is 1. The second-order valence-electron chi connectivity index (χ2n) is 5.65. The zero-order valence-corrected chi connectivity index (χ0v) is 14.2. The van der Waals surface area contributed by atoms with Crippen LogP contribution in [-0.2, 0) is 0 Å². The summed E-state index contributed by atoms with van der Waals surface area (Å²) in [4.78, 5) is 19.7. The SMILES string of the molecule is CCCCCC(CCC)N=CC(=CN)c1cnc(N)c(C=O)c1. The van der Waals surface area contributed by atoms with E-state index in [0.29, 0.717) is 17.9 Å². The summed E-state index contributed by atoms with van der Waals surface area (Å²) in [6.07, 6.45) is 12.5. The average Bonchev–Trinajstić information content (AvgIpc) is 2.56. The maximum Gasteiger partial charge on any atom is 0.153 e. The number of hydrogen-bond donors (Lipinski definition) is 2. The van der Waals surface area contributed by atoms with Gasteiger partial charge in [-0.05, 0) is 18.9 Å². The smallest absolute Gasteiger partial charge is 0.153 e. The molecule has 0 aliphatic heterocycles. The summed E-state index contributed by atoms with van der Waals surface area (Å²) in [5, 5.41) is 0. The minimum Gasteiger partial charge on any atom is -0.404 e. The van der Waals surface area contributed by atoms with Crippen LogP contribution in [0.4, 0.5) is 5.82 Å². The van der Waals surface area contributed by atoms with Crippen LogP contribution < -0.4 is 11.5 Å². The van der Waals surface area contributed by atoms with Gasteiger partial charge in [0.2, 0.25) is 0 Å². The van der Waals surface area contributed by atoms with Crippen LogP contribution in [0.25, 0.3) is 5.57 Å². The average molecular weight is 316 g/mol. The van der Waals surface area contributed by atoms with Gasteiger partial charge in [0.1, 0.15) is 5.82 Å². The molecule has 0 aliphatic rings. The van der Waals surface area contributed by atoms with Gasteiger partial charge < -0.3 is 11.5 Å². The van der Waals surface area contributed by atoms with E-state index in [1.54, 1.807) is 18.5 Å². The molecule has 5 heteroatoms. The molecule has 1 atom stereocenters. The third kappa shape index (κ3) is 6.22. The topological polar surface area (TPSA) is 94.4 Å². The van der Waals surface area contributed by atoms with Crippen molar-refractivity contribution in [1.82, 2.24) is 4.98 Å². The number of aliphatic imine (C=N–C) groups is 1. The normalized spacial score (nSPS) is 13.4. The van der Waals surface area contributed by atoms with Crippen LogP contribution in [0.1, 0.15) is 68.3 Å². The summed E-state index contributed by atoms with van der Waals surface area (Å²) in [7, 11) is 0. The fourth-order valence-electron chi connectivity index (χ4n) is 2.40. The molecular formula is C18H28N4O. The molecule has 0 aliphatic carbocycles.